The second-order valence-electron chi connectivity index (χ2n) is 12.3. The van der Waals surface area contributed by atoms with Crippen molar-refractivity contribution in [2.24, 2.45) is 0 Å². The molecule has 0 N–H and O–H groups in total. The van der Waals surface area contributed by atoms with E-state index < -0.39 is 10.0 Å². The molecule has 1 heteroatoms. The van der Waals surface area contributed by atoms with Gasteiger partial charge in [-0.15, -0.1) is 5.92 Å². The molecule has 0 saturated heterocycles. The Labute approximate surface area is 313 Å². The maximum atomic E-state index is 3.96. The van der Waals surface area contributed by atoms with Crippen LogP contribution in [-0.2, 0) is 0 Å². The quantitative estimate of drug-likeness (QED) is 0.148. The van der Waals surface area contributed by atoms with Gasteiger partial charge in [-0.3, -0.25) is 0 Å². The lowest BCUT2D eigenvalue weighted by Gasteiger charge is -2.46. The van der Waals surface area contributed by atoms with Crippen molar-refractivity contribution >= 4 is 31.6 Å². The number of rotatable bonds is 3. The van der Waals surface area contributed by atoms with Crippen LogP contribution in [0.25, 0.3) is 21.5 Å². The van der Waals surface area contributed by atoms with Crippen molar-refractivity contribution in [3.05, 3.63) is 118 Å². The third-order valence-corrected chi connectivity index (χ3v) is 13.7. The standard InChI is InChI=1S/C44H42S.3C2H6/c1-8-15-39-40-26-24-38(23-21-36-18-13-10-14-19-36)31-44(40)42(28-29-45(32(2)3,33(4)5)34(6)7)41-27-25-37(30-43(39)41)22-20-35-16-11-9-12-17-35;3*1-2/h9,11-13,16-19,24-27,30-34H,10,14H2,1-7H3;3*1-2H3. The molecule has 0 spiro atoms. The average Bonchev–Trinajstić information content (AvgIpc) is 3.17. The molecule has 0 fully saturated rings. The van der Waals surface area contributed by atoms with Crippen LogP contribution in [0.2, 0.25) is 0 Å². The van der Waals surface area contributed by atoms with E-state index in [-0.39, 0.29) is 0 Å². The minimum atomic E-state index is -1.24. The van der Waals surface area contributed by atoms with Crippen LogP contribution in [0.1, 0.15) is 131 Å². The van der Waals surface area contributed by atoms with E-state index in [1.165, 1.54) is 0 Å². The van der Waals surface area contributed by atoms with E-state index in [9.17, 15) is 0 Å². The molecular formula is C50H60S. The molecular weight excluding hydrogens is 633 g/mol. The van der Waals surface area contributed by atoms with Gasteiger partial charge < -0.3 is 0 Å². The Bertz CT molecular complexity index is 2030. The largest absolute Gasteiger partial charge is 0.170 e. The fourth-order valence-corrected chi connectivity index (χ4v) is 10.7. The van der Waals surface area contributed by atoms with Gasteiger partial charge in [0.25, 0.3) is 0 Å². The fourth-order valence-electron chi connectivity index (χ4n) is 6.42. The lowest BCUT2D eigenvalue weighted by molar-refractivity contribution is 0.959. The summed E-state index contributed by atoms with van der Waals surface area (Å²) in [6.07, 6.45) is 8.68. The van der Waals surface area contributed by atoms with Crippen LogP contribution in [-0.4, -0.2) is 15.7 Å². The lowest BCUT2D eigenvalue weighted by Crippen LogP contribution is -2.27. The van der Waals surface area contributed by atoms with Gasteiger partial charge in [-0.25, -0.2) is 0 Å². The highest BCUT2D eigenvalue weighted by molar-refractivity contribution is 8.38. The molecule has 0 radical (unpaired) electrons. The maximum Gasteiger partial charge on any atom is 0.0411 e. The zero-order valence-electron chi connectivity index (χ0n) is 33.6. The minimum Gasteiger partial charge on any atom is -0.170 e. The minimum absolute atomic E-state index is 0.492. The van der Waals surface area contributed by atoms with E-state index in [1.54, 1.807) is 0 Å². The summed E-state index contributed by atoms with van der Waals surface area (Å²) in [7, 11) is -1.24. The topological polar surface area (TPSA) is 0 Å². The molecule has 1 aliphatic rings. The molecule has 0 aliphatic heterocycles. The zero-order chi connectivity index (χ0) is 38.0. The monoisotopic (exact) mass is 692 g/mol. The predicted molar refractivity (Wildman–Crippen MR) is 234 cm³/mol. The van der Waals surface area contributed by atoms with Gasteiger partial charge in [-0.05, 0) is 87.9 Å². The van der Waals surface area contributed by atoms with Crippen molar-refractivity contribution in [1.82, 2.24) is 0 Å². The van der Waals surface area contributed by atoms with Gasteiger partial charge in [0.15, 0.2) is 0 Å². The Morgan fingerprint density at radius 2 is 1.00 bits per heavy atom. The molecule has 0 heterocycles. The number of benzene rings is 4. The molecule has 5 rings (SSSR count). The van der Waals surface area contributed by atoms with E-state index in [0.717, 1.165) is 67.8 Å². The summed E-state index contributed by atoms with van der Waals surface area (Å²) in [6, 6.07) is 23.2. The summed E-state index contributed by atoms with van der Waals surface area (Å²) in [5, 5.41) is 9.87. The SMILES string of the molecule is CC.CC.CC.CC#Cc1c2ccc(C#CC3=CCCC=C3)cc2c(C#CS(C(C)C)(C(C)C)C(C)C)c2ccc(C#Cc3ccccc3)cc12. The third-order valence-electron chi connectivity index (χ3n) is 8.53. The maximum absolute atomic E-state index is 3.96. The normalized spacial score (nSPS) is 11.7. The van der Waals surface area contributed by atoms with Gasteiger partial charge in [0, 0.05) is 44.2 Å². The van der Waals surface area contributed by atoms with E-state index in [2.05, 4.69) is 143 Å². The average molecular weight is 693 g/mol. The highest BCUT2D eigenvalue weighted by atomic mass is 32.3. The van der Waals surface area contributed by atoms with Crippen molar-refractivity contribution in [1.29, 1.82) is 0 Å². The Morgan fingerprint density at radius 1 is 0.510 bits per heavy atom. The van der Waals surface area contributed by atoms with Crippen molar-refractivity contribution in [3.8, 4) is 46.7 Å². The van der Waals surface area contributed by atoms with Gasteiger partial charge in [-0.2, -0.15) is 10.0 Å². The first-order valence-electron chi connectivity index (χ1n) is 19.0. The second-order valence-corrected chi connectivity index (χ2v) is 16.8. The molecule has 1 aliphatic carbocycles. The number of hydrogen-bond donors (Lipinski definition) is 0. The molecule has 0 aromatic heterocycles. The van der Waals surface area contributed by atoms with Gasteiger partial charge >= 0.3 is 0 Å². The van der Waals surface area contributed by atoms with Gasteiger partial charge in [0.2, 0.25) is 0 Å². The van der Waals surface area contributed by atoms with Crippen molar-refractivity contribution in [3.63, 3.8) is 0 Å². The Morgan fingerprint density at radius 3 is 1.47 bits per heavy atom. The van der Waals surface area contributed by atoms with Crippen LogP contribution in [0.3, 0.4) is 0 Å². The van der Waals surface area contributed by atoms with Crippen LogP contribution in [0, 0.1) is 46.7 Å². The Balaban J connectivity index is 0.00000143. The molecule has 51 heavy (non-hydrogen) atoms. The van der Waals surface area contributed by atoms with Gasteiger partial charge in [0.1, 0.15) is 0 Å². The summed E-state index contributed by atoms with van der Waals surface area (Å²) in [4.78, 5) is 0. The molecule has 4 aromatic rings. The molecule has 4 aromatic carbocycles. The molecule has 0 amide bonds. The van der Waals surface area contributed by atoms with Crippen LogP contribution < -0.4 is 0 Å². The predicted octanol–water partition coefficient (Wildman–Crippen LogP) is 13.8. The van der Waals surface area contributed by atoms with E-state index in [0.29, 0.717) is 15.7 Å². The third kappa shape index (κ3) is 10.5. The summed E-state index contributed by atoms with van der Waals surface area (Å²) in [6.45, 7) is 28.0. The number of hydrogen-bond acceptors (Lipinski definition) is 0. The van der Waals surface area contributed by atoms with Crippen LogP contribution in [0.5, 0.6) is 0 Å². The van der Waals surface area contributed by atoms with E-state index in [4.69, 9.17) is 0 Å². The number of allylic oxidation sites excluding steroid dienone is 4. The zero-order valence-corrected chi connectivity index (χ0v) is 34.5. The van der Waals surface area contributed by atoms with Crippen molar-refractivity contribution in [2.45, 2.75) is 119 Å². The first-order valence-corrected chi connectivity index (χ1v) is 20.8. The first kappa shape index (κ1) is 42.6. The van der Waals surface area contributed by atoms with Crippen LogP contribution >= 0.6 is 10.0 Å². The molecule has 0 bridgehead atoms. The second kappa shape index (κ2) is 21.6. The Kier molecular flexibility index (Phi) is 18.1. The summed E-state index contributed by atoms with van der Waals surface area (Å²) in [5.74, 6) is 24.0. The molecule has 0 nitrogen and oxygen atoms in total. The van der Waals surface area contributed by atoms with Crippen LogP contribution in [0.15, 0.2) is 90.5 Å². The van der Waals surface area contributed by atoms with E-state index >= 15 is 0 Å². The van der Waals surface area contributed by atoms with Crippen LogP contribution in [0.4, 0.5) is 0 Å². The van der Waals surface area contributed by atoms with Crippen molar-refractivity contribution in [2.75, 3.05) is 0 Å². The highest BCUT2D eigenvalue weighted by Gasteiger charge is 2.33. The Hall–Kier alpha value is -4.53. The summed E-state index contributed by atoms with van der Waals surface area (Å²) < 4.78 is 0. The first-order chi connectivity index (χ1) is 24.7. The van der Waals surface area contributed by atoms with Gasteiger partial charge in [0.05, 0.1) is 0 Å². The number of fused-ring (bicyclic) bond motifs is 2. The lowest BCUT2D eigenvalue weighted by atomic mass is 9.90. The molecule has 0 atom stereocenters. The molecule has 0 unspecified atom stereocenters. The van der Waals surface area contributed by atoms with Crippen molar-refractivity contribution < 1.29 is 0 Å². The smallest absolute Gasteiger partial charge is 0.0411 e. The molecule has 0 saturated carbocycles. The summed E-state index contributed by atoms with van der Waals surface area (Å²) >= 11 is 0. The molecule has 266 valence electrons. The summed E-state index contributed by atoms with van der Waals surface area (Å²) in [5.41, 5.74) is 6.11. The van der Waals surface area contributed by atoms with E-state index in [1.807, 2.05) is 78.8 Å². The highest BCUT2D eigenvalue weighted by Crippen LogP contribution is 2.59. The van der Waals surface area contributed by atoms with Gasteiger partial charge in [-0.1, -0.05) is 167 Å². The fraction of sp³-hybridized carbons (Fsp3) is 0.360.